The van der Waals surface area contributed by atoms with Crippen LogP contribution in [0.5, 0.6) is 5.75 Å². The van der Waals surface area contributed by atoms with Crippen molar-refractivity contribution in [3.8, 4) is 5.75 Å². The molecule has 51 heavy (non-hydrogen) atoms. The number of aromatic nitrogens is 2. The van der Waals surface area contributed by atoms with E-state index in [4.69, 9.17) is 9.47 Å². The number of hydrogen-bond donors (Lipinski definition) is 4. The summed E-state index contributed by atoms with van der Waals surface area (Å²) in [5.41, 5.74) is 1.20. The van der Waals surface area contributed by atoms with E-state index in [-0.39, 0.29) is 42.9 Å². The molecule has 4 N–H and O–H groups in total. The Bertz CT molecular complexity index is 1710. The van der Waals surface area contributed by atoms with Crippen LogP contribution in [0.25, 0.3) is 0 Å². The number of likely N-dealkylation sites (tertiary alicyclic amines) is 1. The molecule has 0 bridgehead atoms. The summed E-state index contributed by atoms with van der Waals surface area (Å²) in [4.78, 5) is 42.1. The Morgan fingerprint density at radius 3 is 2.47 bits per heavy atom. The summed E-state index contributed by atoms with van der Waals surface area (Å²) in [6.07, 6.45) is 6.75. The summed E-state index contributed by atoms with van der Waals surface area (Å²) in [6, 6.07) is 12.9. The first kappa shape index (κ1) is 34.9. The quantitative estimate of drug-likeness (QED) is 0.199. The molecule has 1 unspecified atom stereocenters. The van der Waals surface area contributed by atoms with Crippen molar-refractivity contribution in [2.75, 3.05) is 31.6 Å². The van der Waals surface area contributed by atoms with E-state index >= 15 is 4.39 Å². The molecule has 1 aromatic heterocycles. The molecule has 1 spiro atoms. The minimum absolute atomic E-state index is 0.0261. The van der Waals surface area contributed by atoms with Gasteiger partial charge in [0.2, 0.25) is 5.91 Å². The standard InChI is InChI=1S/C38H47FN6O6/c1-2-45-31(12-15-41-45)35(47)43-34(33(25-8-9-25)26-10-11-26)36(48)42-29-21-32-27(20-28(29)39)30(40-16-19-46)22-38(51-32)13-17-44(18-14-38)37(49)50-23-24-6-4-3-5-7-24/h3-7,12,15,20-21,25-26,30,33-34,40,46H,2,8-11,13-14,16-19,22-23H2,1H3,(H,42,48)(H,43,47)/t30?,34-/m0/s1. The van der Waals surface area contributed by atoms with Gasteiger partial charge in [0, 0.05) is 69.3 Å². The highest BCUT2D eigenvalue weighted by molar-refractivity contribution is 6.01. The van der Waals surface area contributed by atoms with E-state index in [1.807, 2.05) is 37.3 Å². The molecule has 272 valence electrons. The van der Waals surface area contributed by atoms with Crippen molar-refractivity contribution in [2.24, 2.45) is 17.8 Å². The Hall–Kier alpha value is -4.49. The molecule has 13 heteroatoms. The number of anilines is 1. The minimum Gasteiger partial charge on any atom is -0.487 e. The zero-order chi connectivity index (χ0) is 35.5. The summed E-state index contributed by atoms with van der Waals surface area (Å²) in [7, 11) is 0. The number of halogens is 1. The van der Waals surface area contributed by atoms with Gasteiger partial charge in [0.15, 0.2) is 0 Å². The molecule has 2 saturated carbocycles. The molecule has 2 aromatic carbocycles. The lowest BCUT2D eigenvalue weighted by Gasteiger charge is -2.47. The number of amides is 3. The van der Waals surface area contributed by atoms with Gasteiger partial charge < -0.3 is 35.4 Å². The zero-order valence-corrected chi connectivity index (χ0v) is 29.0. The fourth-order valence-corrected chi connectivity index (χ4v) is 7.85. The van der Waals surface area contributed by atoms with Crippen molar-refractivity contribution in [1.29, 1.82) is 0 Å². The summed E-state index contributed by atoms with van der Waals surface area (Å²) < 4.78 is 29.7. The van der Waals surface area contributed by atoms with Crippen molar-refractivity contribution in [1.82, 2.24) is 25.3 Å². The number of benzene rings is 2. The number of fused-ring (bicyclic) bond motifs is 1. The highest BCUT2D eigenvalue weighted by Gasteiger charge is 2.49. The molecule has 0 radical (unpaired) electrons. The SMILES string of the molecule is CCn1nccc1C(=O)N[C@H](C(=O)Nc1cc2c(cc1F)C(NCCO)CC1(CCN(C(=O)OCc3ccccc3)CC1)O2)C(C1CC1)C1CC1. The average molecular weight is 703 g/mol. The lowest BCUT2D eigenvalue weighted by atomic mass is 9.80. The van der Waals surface area contributed by atoms with Gasteiger partial charge in [-0.25, -0.2) is 9.18 Å². The van der Waals surface area contributed by atoms with Gasteiger partial charge in [-0.2, -0.15) is 5.10 Å². The molecule has 2 aliphatic carbocycles. The third kappa shape index (κ3) is 7.89. The fourth-order valence-electron chi connectivity index (χ4n) is 7.85. The summed E-state index contributed by atoms with van der Waals surface area (Å²) >= 11 is 0. The molecule has 3 amide bonds. The normalized spacial score (nSPS) is 20.0. The second-order valence-corrected chi connectivity index (χ2v) is 14.3. The van der Waals surface area contributed by atoms with Crippen LogP contribution in [0, 0.1) is 23.6 Å². The van der Waals surface area contributed by atoms with E-state index in [0.717, 1.165) is 31.2 Å². The molecule has 7 rings (SSSR count). The lowest BCUT2D eigenvalue weighted by Crippen LogP contribution is -2.53. The van der Waals surface area contributed by atoms with Crippen LogP contribution in [0.4, 0.5) is 14.9 Å². The summed E-state index contributed by atoms with van der Waals surface area (Å²) in [6.45, 7) is 3.64. The van der Waals surface area contributed by atoms with Gasteiger partial charge in [-0.15, -0.1) is 0 Å². The molecular weight excluding hydrogens is 655 g/mol. The van der Waals surface area contributed by atoms with Crippen LogP contribution >= 0.6 is 0 Å². The molecule has 2 aliphatic heterocycles. The number of ether oxygens (including phenoxy) is 2. The smallest absolute Gasteiger partial charge is 0.410 e. The van der Waals surface area contributed by atoms with Gasteiger partial charge in [-0.3, -0.25) is 14.3 Å². The van der Waals surface area contributed by atoms with Gasteiger partial charge >= 0.3 is 6.09 Å². The predicted octanol–water partition coefficient (Wildman–Crippen LogP) is 4.79. The summed E-state index contributed by atoms with van der Waals surface area (Å²) in [5, 5.41) is 23.0. The van der Waals surface area contributed by atoms with Gasteiger partial charge in [0.05, 0.1) is 12.3 Å². The predicted molar refractivity (Wildman–Crippen MR) is 186 cm³/mol. The van der Waals surface area contributed by atoms with Crippen LogP contribution < -0.4 is 20.7 Å². The molecule has 1 saturated heterocycles. The van der Waals surface area contributed by atoms with E-state index in [9.17, 15) is 19.5 Å². The van der Waals surface area contributed by atoms with Crippen LogP contribution in [0.15, 0.2) is 54.7 Å². The fraction of sp³-hybridized carbons (Fsp3) is 0.526. The van der Waals surface area contributed by atoms with Crippen LogP contribution in [0.2, 0.25) is 0 Å². The third-order valence-corrected chi connectivity index (χ3v) is 10.8. The Balaban J connectivity index is 1.08. The van der Waals surface area contributed by atoms with Crippen molar-refractivity contribution in [3.05, 3.63) is 77.4 Å². The van der Waals surface area contributed by atoms with Crippen LogP contribution in [0.1, 0.15) is 79.5 Å². The second kappa shape index (κ2) is 15.0. The van der Waals surface area contributed by atoms with Crippen LogP contribution in [0.3, 0.4) is 0 Å². The van der Waals surface area contributed by atoms with Crippen molar-refractivity contribution in [3.63, 3.8) is 0 Å². The number of aliphatic hydroxyl groups is 1. The number of carbonyl (C=O) groups excluding carboxylic acids is 3. The maximum Gasteiger partial charge on any atom is 0.410 e. The molecule has 4 aliphatic rings. The Morgan fingerprint density at radius 1 is 1.08 bits per heavy atom. The first-order valence-electron chi connectivity index (χ1n) is 18.2. The van der Waals surface area contributed by atoms with Crippen molar-refractivity contribution >= 4 is 23.6 Å². The molecular formula is C38H47FN6O6. The number of carbonyl (C=O) groups is 3. The van der Waals surface area contributed by atoms with Gasteiger partial charge in [-0.05, 0) is 68.1 Å². The first-order chi connectivity index (χ1) is 24.8. The van der Waals surface area contributed by atoms with E-state index < -0.39 is 23.4 Å². The molecule has 3 heterocycles. The Labute approximate surface area is 297 Å². The van der Waals surface area contributed by atoms with E-state index in [1.165, 1.54) is 12.1 Å². The monoisotopic (exact) mass is 702 g/mol. The summed E-state index contributed by atoms with van der Waals surface area (Å²) in [5.74, 6) is -0.397. The highest BCUT2D eigenvalue weighted by atomic mass is 19.1. The number of aliphatic hydroxyl groups excluding tert-OH is 1. The van der Waals surface area contributed by atoms with Crippen molar-refractivity contribution in [2.45, 2.75) is 82.7 Å². The van der Waals surface area contributed by atoms with E-state index in [0.29, 0.717) is 74.3 Å². The maximum atomic E-state index is 15.9. The zero-order valence-electron chi connectivity index (χ0n) is 29.0. The molecule has 3 aromatic rings. The van der Waals surface area contributed by atoms with E-state index in [1.54, 1.807) is 21.8 Å². The van der Waals surface area contributed by atoms with Crippen LogP contribution in [-0.2, 0) is 22.7 Å². The van der Waals surface area contributed by atoms with Gasteiger partial charge in [-0.1, -0.05) is 30.3 Å². The number of nitrogens with one attached hydrogen (secondary N) is 3. The Kier molecular flexibility index (Phi) is 10.3. The van der Waals surface area contributed by atoms with Gasteiger partial charge in [0.25, 0.3) is 5.91 Å². The molecule has 2 atom stereocenters. The third-order valence-electron chi connectivity index (χ3n) is 10.8. The van der Waals surface area contributed by atoms with E-state index in [2.05, 4.69) is 21.0 Å². The average Bonchev–Trinajstić information content (AvgIpc) is 4.09. The van der Waals surface area contributed by atoms with Gasteiger partial charge in [0.1, 0.15) is 35.5 Å². The number of hydrogen-bond acceptors (Lipinski definition) is 8. The maximum absolute atomic E-state index is 15.9. The second-order valence-electron chi connectivity index (χ2n) is 14.3. The minimum atomic E-state index is -0.842. The van der Waals surface area contributed by atoms with Crippen LogP contribution in [-0.4, -0.2) is 75.6 Å². The molecule has 3 fully saturated rings. The number of aryl methyl sites for hydroxylation is 1. The Morgan fingerprint density at radius 2 is 1.80 bits per heavy atom. The highest BCUT2D eigenvalue weighted by Crippen LogP contribution is 2.51. The lowest BCUT2D eigenvalue weighted by molar-refractivity contribution is -0.119. The largest absolute Gasteiger partial charge is 0.487 e. The first-order valence-corrected chi connectivity index (χ1v) is 18.2. The number of rotatable bonds is 13. The number of piperidine rings is 1. The number of nitrogens with zero attached hydrogens (tertiary/aromatic N) is 3. The topological polar surface area (TPSA) is 147 Å². The van der Waals surface area contributed by atoms with Crippen molar-refractivity contribution < 1.29 is 33.4 Å². The molecule has 12 nitrogen and oxygen atoms in total.